The van der Waals surface area contributed by atoms with Crippen LogP contribution in [-0.2, 0) is 9.59 Å². The molecule has 3 aromatic carbocycles. The van der Waals surface area contributed by atoms with Gasteiger partial charge < -0.3 is 19.5 Å². The molecule has 4 rings (SSSR count). The van der Waals surface area contributed by atoms with Crippen molar-refractivity contribution in [1.29, 1.82) is 0 Å². The summed E-state index contributed by atoms with van der Waals surface area (Å²) in [5.41, 5.74) is 2.37. The Kier molecular flexibility index (Phi) is 8.48. The van der Waals surface area contributed by atoms with Gasteiger partial charge in [0.25, 0.3) is 5.91 Å². The Bertz CT molecular complexity index is 1300. The first-order chi connectivity index (χ1) is 18.0. The van der Waals surface area contributed by atoms with Gasteiger partial charge in [0.15, 0.2) is 5.17 Å². The van der Waals surface area contributed by atoms with Gasteiger partial charge in [0.1, 0.15) is 22.9 Å². The minimum atomic E-state index is -0.280. The van der Waals surface area contributed by atoms with Crippen molar-refractivity contribution in [2.45, 2.75) is 6.92 Å². The molecule has 0 aromatic heterocycles. The number of ether oxygens (including phenoxy) is 3. The van der Waals surface area contributed by atoms with Crippen molar-refractivity contribution < 1.29 is 23.8 Å². The van der Waals surface area contributed by atoms with E-state index >= 15 is 0 Å². The fourth-order valence-corrected chi connectivity index (χ4v) is 4.35. The van der Waals surface area contributed by atoms with E-state index in [1.54, 1.807) is 68.8 Å². The zero-order valence-corrected chi connectivity index (χ0v) is 21.6. The van der Waals surface area contributed by atoms with Crippen LogP contribution in [0.3, 0.4) is 0 Å². The van der Waals surface area contributed by atoms with Gasteiger partial charge >= 0.3 is 0 Å². The highest BCUT2D eigenvalue weighted by Crippen LogP contribution is 2.31. The number of anilines is 2. The number of amides is 2. The highest BCUT2D eigenvalue weighted by atomic mass is 32.2. The highest BCUT2D eigenvalue weighted by Gasteiger charge is 2.32. The van der Waals surface area contributed by atoms with Crippen molar-refractivity contribution in [3.05, 3.63) is 84.1 Å². The lowest BCUT2D eigenvalue weighted by Crippen LogP contribution is -2.31. The molecule has 0 saturated heterocycles. The van der Waals surface area contributed by atoms with Crippen LogP contribution in [0.15, 0.2) is 83.5 Å². The monoisotopic (exact) mass is 517 g/mol. The largest absolute Gasteiger partial charge is 0.497 e. The van der Waals surface area contributed by atoms with Gasteiger partial charge in [-0.3, -0.25) is 14.5 Å². The minimum Gasteiger partial charge on any atom is -0.497 e. The quantitative estimate of drug-likeness (QED) is 0.392. The Hall–Kier alpha value is -4.24. The fraction of sp³-hybridized carbons (Fsp3) is 0.179. The molecule has 0 atom stereocenters. The molecule has 0 fully saturated rings. The van der Waals surface area contributed by atoms with Crippen molar-refractivity contribution in [3.63, 3.8) is 0 Å². The number of benzene rings is 3. The predicted molar refractivity (Wildman–Crippen MR) is 148 cm³/mol. The maximum Gasteiger partial charge on any atom is 0.283 e. The molecule has 0 aliphatic carbocycles. The molecule has 8 nitrogen and oxygen atoms in total. The van der Waals surface area contributed by atoms with Crippen molar-refractivity contribution in [2.75, 3.05) is 36.8 Å². The molecular weight excluding hydrogens is 490 g/mol. The van der Waals surface area contributed by atoms with Gasteiger partial charge in [-0.05, 0) is 79.2 Å². The van der Waals surface area contributed by atoms with Crippen LogP contribution in [0.2, 0.25) is 0 Å². The number of carbonyl (C=O) groups excluding carboxylic acids is 2. The average molecular weight is 518 g/mol. The van der Waals surface area contributed by atoms with Gasteiger partial charge in [0.2, 0.25) is 5.91 Å². The Labute approximate surface area is 219 Å². The van der Waals surface area contributed by atoms with E-state index in [1.807, 2.05) is 31.2 Å². The van der Waals surface area contributed by atoms with E-state index in [4.69, 9.17) is 14.2 Å². The van der Waals surface area contributed by atoms with Crippen molar-refractivity contribution in [2.24, 2.45) is 4.99 Å². The third-order valence-electron chi connectivity index (χ3n) is 5.36. The van der Waals surface area contributed by atoms with E-state index in [1.165, 1.54) is 16.7 Å². The van der Waals surface area contributed by atoms with Crippen LogP contribution in [0.25, 0.3) is 6.08 Å². The summed E-state index contributed by atoms with van der Waals surface area (Å²) in [5, 5.41) is 3.27. The molecule has 3 aromatic rings. The minimum absolute atomic E-state index is 0.0709. The number of rotatable bonds is 9. The number of nitrogens with zero attached hydrogens (tertiary/aromatic N) is 2. The first-order valence-electron chi connectivity index (χ1n) is 11.6. The lowest BCUT2D eigenvalue weighted by molar-refractivity contribution is -0.114. The number of nitrogens with one attached hydrogen (secondary N) is 1. The van der Waals surface area contributed by atoms with Crippen molar-refractivity contribution >= 4 is 46.2 Å². The molecule has 0 radical (unpaired) electrons. The maximum absolute atomic E-state index is 13.4. The van der Waals surface area contributed by atoms with Gasteiger partial charge in [-0.15, -0.1) is 0 Å². The molecule has 1 aliphatic rings. The van der Waals surface area contributed by atoms with E-state index in [2.05, 4.69) is 10.3 Å². The van der Waals surface area contributed by atoms with Gasteiger partial charge in [-0.2, -0.15) is 0 Å². The SMILES string of the molecule is CCOc1ccc(N2C(=O)/C(=C/c3ccc(OC)cc3)N=C2SCC(=O)Nc2ccc(OC)cc2)cc1. The maximum atomic E-state index is 13.4. The van der Waals surface area contributed by atoms with Gasteiger partial charge in [0, 0.05) is 5.69 Å². The number of hydrogen-bond donors (Lipinski definition) is 1. The van der Waals surface area contributed by atoms with Crippen LogP contribution in [0.4, 0.5) is 11.4 Å². The first kappa shape index (κ1) is 25.8. The predicted octanol–water partition coefficient (Wildman–Crippen LogP) is 5.22. The van der Waals surface area contributed by atoms with E-state index in [9.17, 15) is 9.59 Å². The first-order valence-corrected chi connectivity index (χ1v) is 12.6. The summed E-state index contributed by atoms with van der Waals surface area (Å²) in [6.07, 6.45) is 1.72. The third-order valence-corrected chi connectivity index (χ3v) is 6.30. The summed E-state index contributed by atoms with van der Waals surface area (Å²) in [6.45, 7) is 2.45. The van der Waals surface area contributed by atoms with Crippen LogP contribution in [0, 0.1) is 0 Å². The molecule has 37 heavy (non-hydrogen) atoms. The van der Waals surface area contributed by atoms with Gasteiger partial charge in [-0.1, -0.05) is 23.9 Å². The zero-order chi connectivity index (χ0) is 26.2. The Balaban J connectivity index is 1.54. The molecule has 2 amide bonds. The van der Waals surface area contributed by atoms with Crippen molar-refractivity contribution in [1.82, 2.24) is 0 Å². The normalized spacial score (nSPS) is 13.9. The number of carbonyl (C=O) groups is 2. The number of aliphatic imine (C=N–C) groups is 1. The number of methoxy groups -OCH3 is 2. The lowest BCUT2D eigenvalue weighted by atomic mass is 10.2. The van der Waals surface area contributed by atoms with Crippen LogP contribution in [0.1, 0.15) is 12.5 Å². The molecule has 190 valence electrons. The molecule has 9 heteroatoms. The topological polar surface area (TPSA) is 89.5 Å². The highest BCUT2D eigenvalue weighted by molar-refractivity contribution is 8.14. The standard InChI is InChI=1S/C28H27N3O5S/c1-4-36-24-15-9-21(10-16-24)31-27(33)25(17-19-5-11-22(34-2)12-6-19)30-28(31)37-18-26(32)29-20-7-13-23(35-3)14-8-20/h5-17H,4,18H2,1-3H3,(H,29,32)/b25-17-. The van der Waals surface area contributed by atoms with E-state index in [-0.39, 0.29) is 23.3 Å². The van der Waals surface area contributed by atoms with Crippen molar-refractivity contribution in [3.8, 4) is 17.2 Å². The molecular formula is C28H27N3O5S. The Morgan fingerprint density at radius 3 is 2.11 bits per heavy atom. The Morgan fingerprint density at radius 2 is 1.51 bits per heavy atom. The number of hydrogen-bond acceptors (Lipinski definition) is 7. The zero-order valence-electron chi connectivity index (χ0n) is 20.8. The summed E-state index contributed by atoms with van der Waals surface area (Å²) >= 11 is 1.19. The summed E-state index contributed by atoms with van der Waals surface area (Å²) in [5.74, 6) is 1.70. The van der Waals surface area contributed by atoms with Crippen LogP contribution in [0.5, 0.6) is 17.2 Å². The van der Waals surface area contributed by atoms with Gasteiger partial charge in [0.05, 0.1) is 32.3 Å². The molecule has 1 heterocycles. The average Bonchev–Trinajstić information content (AvgIpc) is 3.23. The van der Waals surface area contributed by atoms with Crippen LogP contribution < -0.4 is 24.4 Å². The second-order valence-electron chi connectivity index (χ2n) is 7.83. The van der Waals surface area contributed by atoms with E-state index < -0.39 is 0 Å². The molecule has 0 bridgehead atoms. The second-order valence-corrected chi connectivity index (χ2v) is 8.77. The lowest BCUT2D eigenvalue weighted by Gasteiger charge is -2.18. The Morgan fingerprint density at radius 1 is 0.919 bits per heavy atom. The van der Waals surface area contributed by atoms with Crippen LogP contribution >= 0.6 is 11.8 Å². The summed E-state index contributed by atoms with van der Waals surface area (Å²) in [4.78, 5) is 32.1. The summed E-state index contributed by atoms with van der Waals surface area (Å²) in [6, 6.07) is 21.6. The van der Waals surface area contributed by atoms with Gasteiger partial charge in [-0.25, -0.2) is 4.99 Å². The van der Waals surface area contributed by atoms with E-state index in [0.717, 1.165) is 11.3 Å². The second kappa shape index (κ2) is 12.1. The third kappa shape index (κ3) is 6.50. The van der Waals surface area contributed by atoms with Crippen LogP contribution in [-0.4, -0.2) is 43.6 Å². The molecule has 0 saturated carbocycles. The molecule has 1 aliphatic heterocycles. The summed E-state index contributed by atoms with van der Waals surface area (Å²) in [7, 11) is 3.18. The smallest absolute Gasteiger partial charge is 0.283 e. The van der Waals surface area contributed by atoms with E-state index in [0.29, 0.717) is 34.6 Å². The fourth-order valence-electron chi connectivity index (χ4n) is 3.54. The summed E-state index contributed by atoms with van der Waals surface area (Å²) < 4.78 is 15.9. The number of thioether (sulfide) groups is 1. The number of amidine groups is 1. The molecule has 0 spiro atoms. The molecule has 0 unspecified atom stereocenters. The molecule has 1 N–H and O–H groups in total.